The lowest BCUT2D eigenvalue weighted by Crippen LogP contribution is -2.39. The Labute approximate surface area is 148 Å². The zero-order chi connectivity index (χ0) is 17.7. The van der Waals surface area contributed by atoms with Gasteiger partial charge in [0.1, 0.15) is 17.4 Å². The number of carbonyl (C=O) groups is 1. The Morgan fingerprint density at radius 3 is 2.76 bits per heavy atom. The normalized spacial score (nSPS) is 29.7. The van der Waals surface area contributed by atoms with Crippen molar-refractivity contribution in [3.63, 3.8) is 0 Å². The predicted octanol–water partition coefficient (Wildman–Crippen LogP) is 4.37. The zero-order valence-corrected chi connectivity index (χ0v) is 15.1. The molecule has 4 rings (SSSR count). The van der Waals surface area contributed by atoms with Crippen molar-refractivity contribution in [1.82, 2.24) is 4.98 Å². The number of ether oxygens (including phenoxy) is 2. The Balaban J connectivity index is 1.42. The van der Waals surface area contributed by atoms with Gasteiger partial charge < -0.3 is 9.47 Å². The smallest absolute Gasteiger partial charge is 0.344 e. The molecule has 132 valence electrons. The van der Waals surface area contributed by atoms with Gasteiger partial charge in [-0.25, -0.2) is 4.79 Å². The quantitative estimate of drug-likeness (QED) is 0.776. The number of aromatic nitrogens is 1. The van der Waals surface area contributed by atoms with E-state index in [-0.39, 0.29) is 29.5 Å². The molecule has 0 aliphatic heterocycles. The third kappa shape index (κ3) is 2.50. The van der Waals surface area contributed by atoms with Crippen molar-refractivity contribution in [2.24, 2.45) is 16.7 Å². The molecule has 0 saturated heterocycles. The lowest BCUT2D eigenvalue weighted by atomic mass is 9.70. The van der Waals surface area contributed by atoms with Crippen molar-refractivity contribution in [3.8, 4) is 5.75 Å². The van der Waals surface area contributed by atoms with Crippen LogP contribution < -0.4 is 4.74 Å². The minimum atomic E-state index is -0.289. The summed E-state index contributed by atoms with van der Waals surface area (Å²) in [5.74, 6) is 0.982. The third-order valence-corrected chi connectivity index (χ3v) is 6.93. The van der Waals surface area contributed by atoms with Crippen LogP contribution in [0.2, 0.25) is 0 Å². The Bertz CT molecular complexity index is 810. The molecule has 1 aromatic heterocycles. The van der Waals surface area contributed by atoms with E-state index < -0.39 is 0 Å². The molecular formula is C21H25NO3. The lowest BCUT2D eigenvalue weighted by Gasteiger charge is -2.38. The van der Waals surface area contributed by atoms with Crippen LogP contribution in [0.5, 0.6) is 5.75 Å². The van der Waals surface area contributed by atoms with Crippen molar-refractivity contribution in [3.05, 3.63) is 36.5 Å². The Morgan fingerprint density at radius 1 is 1.24 bits per heavy atom. The van der Waals surface area contributed by atoms with Gasteiger partial charge in [0.05, 0.1) is 0 Å². The van der Waals surface area contributed by atoms with Crippen LogP contribution in [0.25, 0.3) is 10.9 Å². The molecule has 0 amide bonds. The van der Waals surface area contributed by atoms with Gasteiger partial charge in [0.25, 0.3) is 0 Å². The Morgan fingerprint density at radius 2 is 2.04 bits per heavy atom. The second-order valence-corrected chi connectivity index (χ2v) is 8.21. The number of carbonyl (C=O) groups excluding carboxylic acids is 1. The molecule has 0 N–H and O–H groups in total. The van der Waals surface area contributed by atoms with E-state index in [1.54, 1.807) is 6.20 Å². The summed E-state index contributed by atoms with van der Waals surface area (Å²) < 4.78 is 11.6. The van der Waals surface area contributed by atoms with Crippen LogP contribution in [0.3, 0.4) is 0 Å². The maximum Gasteiger partial charge on any atom is 0.344 e. The van der Waals surface area contributed by atoms with Crippen LogP contribution >= 0.6 is 0 Å². The van der Waals surface area contributed by atoms with Crippen molar-refractivity contribution in [1.29, 1.82) is 0 Å². The number of rotatable bonds is 4. The highest BCUT2D eigenvalue weighted by Crippen LogP contribution is 2.66. The van der Waals surface area contributed by atoms with Crippen LogP contribution in [-0.4, -0.2) is 23.7 Å². The molecule has 2 aromatic rings. The summed E-state index contributed by atoms with van der Waals surface area (Å²) in [6.07, 6.45) is 5.09. The van der Waals surface area contributed by atoms with Gasteiger partial charge in [-0.15, -0.1) is 0 Å². The average Bonchev–Trinajstić information content (AvgIpc) is 2.93. The first-order valence-electron chi connectivity index (χ1n) is 9.08. The SMILES string of the molecule is CC1(C)[C@H]2CC[C@]1(C)[C@@H](OC(=O)COc1cccc3cccnc13)C2. The Kier molecular flexibility index (Phi) is 3.75. The summed E-state index contributed by atoms with van der Waals surface area (Å²) in [5.41, 5.74) is 1.08. The van der Waals surface area contributed by atoms with E-state index in [1.165, 1.54) is 6.42 Å². The number of hydrogen-bond acceptors (Lipinski definition) is 4. The molecule has 3 atom stereocenters. The average molecular weight is 339 g/mol. The highest BCUT2D eigenvalue weighted by molar-refractivity contribution is 5.84. The third-order valence-electron chi connectivity index (χ3n) is 6.93. The summed E-state index contributed by atoms with van der Waals surface area (Å²) in [6.45, 7) is 6.83. The van der Waals surface area contributed by atoms with Gasteiger partial charge in [0.2, 0.25) is 0 Å². The van der Waals surface area contributed by atoms with Crippen LogP contribution in [0.4, 0.5) is 0 Å². The molecule has 0 radical (unpaired) electrons. The number of pyridine rings is 1. The minimum Gasteiger partial charge on any atom is -0.480 e. The van der Waals surface area contributed by atoms with E-state index >= 15 is 0 Å². The monoisotopic (exact) mass is 339 g/mol. The number of nitrogens with zero attached hydrogens (tertiary/aromatic N) is 1. The lowest BCUT2D eigenvalue weighted by molar-refractivity contribution is -0.159. The largest absolute Gasteiger partial charge is 0.480 e. The van der Waals surface area contributed by atoms with E-state index in [4.69, 9.17) is 9.47 Å². The highest BCUT2D eigenvalue weighted by Gasteiger charge is 2.62. The van der Waals surface area contributed by atoms with Gasteiger partial charge in [0.15, 0.2) is 6.61 Å². The molecule has 2 fully saturated rings. The second-order valence-electron chi connectivity index (χ2n) is 8.21. The van der Waals surface area contributed by atoms with Crippen molar-refractivity contribution in [2.45, 2.75) is 46.1 Å². The maximum absolute atomic E-state index is 12.4. The molecule has 0 unspecified atom stereocenters. The van der Waals surface area contributed by atoms with Crippen LogP contribution in [0.15, 0.2) is 36.5 Å². The number of fused-ring (bicyclic) bond motifs is 3. The number of esters is 1. The van der Waals surface area contributed by atoms with E-state index in [2.05, 4.69) is 25.8 Å². The molecule has 25 heavy (non-hydrogen) atoms. The van der Waals surface area contributed by atoms with E-state index in [0.717, 1.165) is 23.7 Å². The molecule has 0 spiro atoms. The summed E-state index contributed by atoms with van der Waals surface area (Å²) in [7, 11) is 0. The van der Waals surface area contributed by atoms with Gasteiger partial charge in [0, 0.05) is 17.0 Å². The zero-order valence-electron chi connectivity index (χ0n) is 15.1. The molecule has 4 heteroatoms. The van der Waals surface area contributed by atoms with E-state index in [0.29, 0.717) is 11.7 Å². The first kappa shape index (κ1) is 16.4. The number of benzene rings is 1. The topological polar surface area (TPSA) is 48.4 Å². The van der Waals surface area contributed by atoms with E-state index in [1.807, 2.05) is 30.3 Å². The maximum atomic E-state index is 12.4. The summed E-state index contributed by atoms with van der Waals surface area (Å²) in [5, 5.41) is 0.996. The number of para-hydroxylation sites is 1. The van der Waals surface area contributed by atoms with Gasteiger partial charge in [-0.1, -0.05) is 39.0 Å². The molecule has 2 aliphatic rings. The first-order chi connectivity index (χ1) is 11.9. The predicted molar refractivity (Wildman–Crippen MR) is 96.3 cm³/mol. The molecular weight excluding hydrogens is 314 g/mol. The molecule has 1 heterocycles. The van der Waals surface area contributed by atoms with Crippen molar-refractivity contribution in [2.75, 3.05) is 6.61 Å². The van der Waals surface area contributed by atoms with Gasteiger partial charge in [-0.05, 0) is 42.7 Å². The fourth-order valence-corrected chi connectivity index (χ4v) is 4.83. The van der Waals surface area contributed by atoms with Crippen molar-refractivity contribution >= 4 is 16.9 Å². The van der Waals surface area contributed by atoms with Crippen LogP contribution in [-0.2, 0) is 9.53 Å². The first-order valence-corrected chi connectivity index (χ1v) is 9.08. The highest BCUT2D eigenvalue weighted by atomic mass is 16.6. The van der Waals surface area contributed by atoms with Crippen LogP contribution in [0, 0.1) is 16.7 Å². The fraction of sp³-hybridized carbons (Fsp3) is 0.524. The van der Waals surface area contributed by atoms with Crippen LogP contribution in [0.1, 0.15) is 40.0 Å². The summed E-state index contributed by atoms with van der Waals surface area (Å²) >= 11 is 0. The molecule has 2 saturated carbocycles. The Hall–Kier alpha value is -2.10. The number of hydrogen-bond donors (Lipinski definition) is 0. The fourth-order valence-electron chi connectivity index (χ4n) is 4.83. The molecule has 2 bridgehead atoms. The van der Waals surface area contributed by atoms with Gasteiger partial charge in [-0.2, -0.15) is 0 Å². The van der Waals surface area contributed by atoms with Gasteiger partial charge >= 0.3 is 5.97 Å². The summed E-state index contributed by atoms with van der Waals surface area (Å²) in [4.78, 5) is 16.7. The van der Waals surface area contributed by atoms with Gasteiger partial charge in [-0.3, -0.25) is 4.98 Å². The summed E-state index contributed by atoms with van der Waals surface area (Å²) in [6, 6.07) is 9.59. The second kappa shape index (κ2) is 5.72. The molecule has 2 aliphatic carbocycles. The minimum absolute atomic E-state index is 0.00277. The van der Waals surface area contributed by atoms with E-state index in [9.17, 15) is 4.79 Å². The molecule has 1 aromatic carbocycles. The standard InChI is InChI=1S/C21H25NO3/c1-20(2)15-9-10-21(20,3)17(12-15)25-18(23)13-24-16-8-4-6-14-7-5-11-22-19(14)16/h4-8,11,15,17H,9-10,12-13H2,1-3H3/t15-,17-,21+/m0/s1. The molecule has 4 nitrogen and oxygen atoms in total. The van der Waals surface area contributed by atoms with Crippen molar-refractivity contribution < 1.29 is 14.3 Å².